The fourth-order valence-electron chi connectivity index (χ4n) is 1.10. The summed E-state index contributed by atoms with van der Waals surface area (Å²) in [6.07, 6.45) is 2.88. The van der Waals surface area contributed by atoms with Crippen LogP contribution in [0.2, 0.25) is 0 Å². The summed E-state index contributed by atoms with van der Waals surface area (Å²) in [6, 6.07) is 0. The molecule has 1 aliphatic rings. The largest absolute Gasteiger partial charge is 0.319 e. The van der Waals surface area contributed by atoms with Crippen LogP contribution in [0.4, 0.5) is 0 Å². The van der Waals surface area contributed by atoms with Gasteiger partial charge in [0.25, 0.3) is 8.53 Å². The van der Waals surface area contributed by atoms with Gasteiger partial charge < -0.3 is 9.05 Å². The summed E-state index contributed by atoms with van der Waals surface area (Å²) in [5.41, 5.74) is 0. The molecule has 0 amide bonds. The maximum absolute atomic E-state index is 5.71. The van der Waals surface area contributed by atoms with E-state index in [1.807, 2.05) is 18.8 Å². The van der Waals surface area contributed by atoms with Gasteiger partial charge in [-0.3, -0.25) is 0 Å². The molecule has 0 N–H and O–H groups in total. The van der Waals surface area contributed by atoms with Gasteiger partial charge in [0.2, 0.25) is 0 Å². The standard InChI is InChI=1S/C8H18NO2P/c1-7-5-6-8(2)11-12(10-7)9(3)4/h7-8H,5-6H2,1-4H3. The lowest BCUT2D eigenvalue weighted by atomic mass is 10.1. The van der Waals surface area contributed by atoms with Crippen LogP contribution in [-0.4, -0.2) is 31.0 Å². The van der Waals surface area contributed by atoms with E-state index in [9.17, 15) is 0 Å². The molecule has 0 spiro atoms. The number of rotatable bonds is 1. The lowest BCUT2D eigenvalue weighted by Gasteiger charge is -2.23. The molecule has 72 valence electrons. The second-order valence-corrected chi connectivity index (χ2v) is 5.19. The zero-order valence-electron chi connectivity index (χ0n) is 8.28. The lowest BCUT2D eigenvalue weighted by molar-refractivity contribution is 0.180. The Kier molecular flexibility index (Phi) is 3.91. The van der Waals surface area contributed by atoms with Crippen molar-refractivity contribution in [3.63, 3.8) is 0 Å². The molecule has 2 atom stereocenters. The average molecular weight is 191 g/mol. The Hall–Kier alpha value is 0.310. The highest BCUT2D eigenvalue weighted by Gasteiger charge is 2.24. The maximum atomic E-state index is 5.71. The molecule has 0 bridgehead atoms. The summed E-state index contributed by atoms with van der Waals surface area (Å²) in [5.74, 6) is 0. The summed E-state index contributed by atoms with van der Waals surface area (Å²) in [4.78, 5) is 0. The molecule has 0 aromatic heterocycles. The first-order chi connectivity index (χ1) is 5.59. The highest BCUT2D eigenvalue weighted by atomic mass is 31.2. The molecular weight excluding hydrogens is 173 g/mol. The van der Waals surface area contributed by atoms with Gasteiger partial charge in [-0.25, -0.2) is 4.67 Å². The van der Waals surface area contributed by atoms with Crippen molar-refractivity contribution in [2.75, 3.05) is 14.1 Å². The third kappa shape index (κ3) is 2.98. The van der Waals surface area contributed by atoms with Crippen LogP contribution in [0, 0.1) is 0 Å². The van der Waals surface area contributed by atoms with Crippen molar-refractivity contribution >= 4 is 8.53 Å². The third-order valence-corrected chi connectivity index (χ3v) is 3.58. The molecule has 1 heterocycles. The molecule has 1 rings (SSSR count). The van der Waals surface area contributed by atoms with Crippen molar-refractivity contribution < 1.29 is 9.05 Å². The van der Waals surface area contributed by atoms with Gasteiger partial charge in [0.15, 0.2) is 0 Å². The molecule has 3 nitrogen and oxygen atoms in total. The number of nitrogens with zero attached hydrogens (tertiary/aromatic N) is 1. The van der Waals surface area contributed by atoms with Crippen LogP contribution < -0.4 is 0 Å². The highest BCUT2D eigenvalue weighted by molar-refractivity contribution is 7.44. The number of hydrogen-bond donors (Lipinski definition) is 0. The minimum Gasteiger partial charge on any atom is -0.319 e. The van der Waals surface area contributed by atoms with E-state index in [0.29, 0.717) is 12.2 Å². The Balaban J connectivity index is 2.49. The van der Waals surface area contributed by atoms with Crippen LogP contribution in [-0.2, 0) is 9.05 Å². The predicted molar refractivity (Wildman–Crippen MR) is 50.9 cm³/mol. The fraction of sp³-hybridized carbons (Fsp3) is 1.00. The first kappa shape index (κ1) is 10.4. The van der Waals surface area contributed by atoms with Gasteiger partial charge in [0.05, 0.1) is 12.2 Å². The maximum Gasteiger partial charge on any atom is 0.258 e. The van der Waals surface area contributed by atoms with E-state index >= 15 is 0 Å². The monoisotopic (exact) mass is 191 g/mol. The summed E-state index contributed by atoms with van der Waals surface area (Å²) >= 11 is 0. The van der Waals surface area contributed by atoms with Crippen LogP contribution in [0.15, 0.2) is 0 Å². The Labute approximate surface area is 76.0 Å². The van der Waals surface area contributed by atoms with E-state index in [-0.39, 0.29) is 0 Å². The zero-order chi connectivity index (χ0) is 9.14. The molecule has 1 fully saturated rings. The molecule has 12 heavy (non-hydrogen) atoms. The van der Waals surface area contributed by atoms with Gasteiger partial charge in [-0.2, -0.15) is 0 Å². The van der Waals surface area contributed by atoms with Crippen LogP contribution in [0.1, 0.15) is 26.7 Å². The molecule has 2 unspecified atom stereocenters. The van der Waals surface area contributed by atoms with Gasteiger partial charge in [-0.05, 0) is 40.8 Å². The topological polar surface area (TPSA) is 21.7 Å². The smallest absolute Gasteiger partial charge is 0.258 e. The SMILES string of the molecule is CC1CCC(C)OP(N(C)C)O1. The Bertz CT molecular complexity index is 131. The first-order valence-corrected chi connectivity index (χ1v) is 5.53. The zero-order valence-corrected chi connectivity index (χ0v) is 9.17. The Morgan fingerprint density at radius 1 is 1.08 bits per heavy atom. The molecule has 0 aromatic carbocycles. The Morgan fingerprint density at radius 2 is 1.50 bits per heavy atom. The molecule has 1 saturated heterocycles. The van der Waals surface area contributed by atoms with Crippen LogP contribution in [0.25, 0.3) is 0 Å². The molecule has 0 radical (unpaired) electrons. The Morgan fingerprint density at radius 3 is 1.83 bits per heavy atom. The van der Waals surface area contributed by atoms with Crippen molar-refractivity contribution in [2.45, 2.75) is 38.9 Å². The van der Waals surface area contributed by atoms with E-state index < -0.39 is 8.53 Å². The second-order valence-electron chi connectivity index (χ2n) is 3.49. The van der Waals surface area contributed by atoms with Crippen LogP contribution >= 0.6 is 8.53 Å². The van der Waals surface area contributed by atoms with Gasteiger partial charge in [0.1, 0.15) is 0 Å². The average Bonchev–Trinajstić information content (AvgIpc) is 2.13. The van der Waals surface area contributed by atoms with Crippen LogP contribution in [0.3, 0.4) is 0 Å². The lowest BCUT2D eigenvalue weighted by Crippen LogP contribution is -2.12. The van der Waals surface area contributed by atoms with Crippen molar-refractivity contribution in [2.24, 2.45) is 0 Å². The summed E-state index contributed by atoms with van der Waals surface area (Å²) in [5, 5.41) is 0. The first-order valence-electron chi connectivity index (χ1n) is 4.40. The minimum atomic E-state index is -0.803. The summed E-state index contributed by atoms with van der Waals surface area (Å²) in [7, 11) is 3.19. The van der Waals surface area contributed by atoms with Crippen molar-refractivity contribution in [1.82, 2.24) is 4.67 Å². The highest BCUT2D eigenvalue weighted by Crippen LogP contribution is 2.46. The quantitative estimate of drug-likeness (QED) is 0.594. The molecule has 4 heteroatoms. The fourth-order valence-corrected chi connectivity index (χ4v) is 2.35. The summed E-state index contributed by atoms with van der Waals surface area (Å²) < 4.78 is 13.4. The van der Waals surface area contributed by atoms with Gasteiger partial charge >= 0.3 is 0 Å². The van der Waals surface area contributed by atoms with Crippen molar-refractivity contribution in [3.05, 3.63) is 0 Å². The molecule has 1 aliphatic heterocycles. The predicted octanol–water partition coefficient (Wildman–Crippen LogP) is 2.38. The molecule has 0 aromatic rings. The van der Waals surface area contributed by atoms with Crippen LogP contribution in [0.5, 0.6) is 0 Å². The van der Waals surface area contributed by atoms with E-state index in [1.165, 1.54) is 0 Å². The summed E-state index contributed by atoms with van der Waals surface area (Å²) in [6.45, 7) is 4.22. The molecule has 0 saturated carbocycles. The number of hydrogen-bond acceptors (Lipinski definition) is 3. The minimum absolute atomic E-state index is 0.337. The van der Waals surface area contributed by atoms with Crippen molar-refractivity contribution in [1.29, 1.82) is 0 Å². The normalized spacial score (nSPS) is 38.2. The van der Waals surface area contributed by atoms with Gasteiger partial charge in [0, 0.05) is 0 Å². The van der Waals surface area contributed by atoms with E-state index in [2.05, 4.69) is 13.8 Å². The van der Waals surface area contributed by atoms with Crippen molar-refractivity contribution in [3.8, 4) is 0 Å². The molecular formula is C8H18NO2P. The van der Waals surface area contributed by atoms with E-state index in [1.54, 1.807) is 0 Å². The van der Waals surface area contributed by atoms with E-state index in [0.717, 1.165) is 12.8 Å². The molecule has 0 aliphatic carbocycles. The second kappa shape index (κ2) is 4.52. The van der Waals surface area contributed by atoms with Gasteiger partial charge in [-0.15, -0.1) is 0 Å². The third-order valence-electron chi connectivity index (χ3n) is 1.85. The van der Waals surface area contributed by atoms with Gasteiger partial charge in [-0.1, -0.05) is 0 Å². The van der Waals surface area contributed by atoms with E-state index in [4.69, 9.17) is 9.05 Å².